The summed E-state index contributed by atoms with van der Waals surface area (Å²) >= 11 is 1.28. The van der Waals surface area contributed by atoms with Crippen LogP contribution in [0.15, 0.2) is 83.1 Å². The van der Waals surface area contributed by atoms with Gasteiger partial charge in [-0.25, -0.2) is 5.43 Å². The van der Waals surface area contributed by atoms with E-state index < -0.39 is 0 Å². The zero-order valence-corrected chi connectivity index (χ0v) is 20.5. The lowest BCUT2D eigenvalue weighted by Gasteiger charge is -2.12. The lowest BCUT2D eigenvalue weighted by Crippen LogP contribution is -2.20. The first-order chi connectivity index (χ1) is 17.1. The molecule has 0 saturated carbocycles. The molecule has 0 aliphatic heterocycles. The third-order valence-electron chi connectivity index (χ3n) is 5.20. The predicted molar refractivity (Wildman–Crippen MR) is 138 cm³/mol. The van der Waals surface area contributed by atoms with Crippen LogP contribution in [-0.4, -0.2) is 46.9 Å². The minimum atomic E-state index is -0.241. The van der Waals surface area contributed by atoms with E-state index in [4.69, 9.17) is 9.47 Å². The molecule has 0 unspecified atom stereocenters. The molecular weight excluding hydrogens is 462 g/mol. The summed E-state index contributed by atoms with van der Waals surface area (Å²) in [5, 5.41) is 13.4. The zero-order chi connectivity index (χ0) is 24.6. The topological polar surface area (TPSA) is 90.6 Å². The molecule has 1 heterocycles. The van der Waals surface area contributed by atoms with Gasteiger partial charge in [-0.05, 0) is 48.4 Å². The monoisotopic (exact) mass is 487 g/mol. The first kappa shape index (κ1) is 24.0. The van der Waals surface area contributed by atoms with Gasteiger partial charge in [-0.1, -0.05) is 54.2 Å². The highest BCUT2D eigenvalue weighted by molar-refractivity contribution is 7.99. The lowest BCUT2D eigenvalue weighted by molar-refractivity contribution is -0.118. The summed E-state index contributed by atoms with van der Waals surface area (Å²) in [7, 11) is 3.18. The molecule has 0 saturated heterocycles. The maximum absolute atomic E-state index is 12.4. The van der Waals surface area contributed by atoms with Crippen LogP contribution in [-0.2, 0) is 4.79 Å². The van der Waals surface area contributed by atoms with Crippen LogP contribution >= 0.6 is 11.8 Å². The van der Waals surface area contributed by atoms with Crippen molar-refractivity contribution in [1.29, 1.82) is 0 Å². The van der Waals surface area contributed by atoms with Gasteiger partial charge in [0.1, 0.15) is 0 Å². The summed E-state index contributed by atoms with van der Waals surface area (Å²) in [6.45, 7) is 1.99. The van der Waals surface area contributed by atoms with Crippen LogP contribution in [0.3, 0.4) is 0 Å². The van der Waals surface area contributed by atoms with E-state index in [0.717, 1.165) is 22.4 Å². The average Bonchev–Trinajstić information content (AvgIpc) is 3.32. The Balaban J connectivity index is 1.55. The highest BCUT2D eigenvalue weighted by Gasteiger charge is 2.18. The first-order valence-corrected chi connectivity index (χ1v) is 11.8. The van der Waals surface area contributed by atoms with Gasteiger partial charge in [-0.15, -0.1) is 10.2 Å². The van der Waals surface area contributed by atoms with Crippen molar-refractivity contribution in [1.82, 2.24) is 20.2 Å². The van der Waals surface area contributed by atoms with Gasteiger partial charge in [0, 0.05) is 11.3 Å². The molecule has 1 amide bonds. The van der Waals surface area contributed by atoms with Crippen LogP contribution in [0.4, 0.5) is 0 Å². The number of thioether (sulfide) groups is 1. The number of amides is 1. The van der Waals surface area contributed by atoms with Crippen molar-refractivity contribution in [3.8, 4) is 28.6 Å². The number of benzene rings is 3. The Hall–Kier alpha value is -4.11. The Bertz CT molecular complexity index is 1340. The molecule has 8 nitrogen and oxygen atoms in total. The molecule has 0 fully saturated rings. The highest BCUT2D eigenvalue weighted by atomic mass is 32.2. The fourth-order valence-electron chi connectivity index (χ4n) is 3.40. The van der Waals surface area contributed by atoms with Crippen molar-refractivity contribution in [3.05, 3.63) is 83.9 Å². The van der Waals surface area contributed by atoms with Gasteiger partial charge in [0.25, 0.3) is 5.91 Å². The molecule has 4 aromatic rings. The summed E-state index contributed by atoms with van der Waals surface area (Å²) in [5.74, 6) is 1.72. The fourth-order valence-corrected chi connectivity index (χ4v) is 4.15. The number of hydrazone groups is 1. The maximum Gasteiger partial charge on any atom is 0.250 e. The molecule has 4 rings (SSSR count). The van der Waals surface area contributed by atoms with E-state index in [1.54, 1.807) is 20.4 Å². The molecule has 3 aromatic carbocycles. The Morgan fingerprint density at radius 2 is 1.74 bits per heavy atom. The second-order valence-electron chi connectivity index (χ2n) is 7.49. The number of hydrogen-bond donors (Lipinski definition) is 1. The molecule has 0 spiro atoms. The molecule has 178 valence electrons. The third kappa shape index (κ3) is 5.70. The molecule has 0 radical (unpaired) electrons. The fraction of sp³-hybridized carbons (Fsp3) is 0.154. The van der Waals surface area contributed by atoms with Gasteiger partial charge in [-0.2, -0.15) is 5.10 Å². The van der Waals surface area contributed by atoms with Crippen LogP contribution in [0, 0.1) is 6.92 Å². The normalized spacial score (nSPS) is 10.9. The minimum Gasteiger partial charge on any atom is -0.493 e. The number of aryl methyl sites for hydroxylation is 1. The second kappa shape index (κ2) is 11.3. The Morgan fingerprint density at radius 3 is 2.49 bits per heavy atom. The van der Waals surface area contributed by atoms with Crippen LogP contribution < -0.4 is 14.9 Å². The summed E-state index contributed by atoms with van der Waals surface area (Å²) in [4.78, 5) is 12.4. The molecule has 35 heavy (non-hydrogen) atoms. The van der Waals surface area contributed by atoms with Crippen molar-refractivity contribution >= 4 is 23.9 Å². The number of carbonyl (C=O) groups is 1. The zero-order valence-electron chi connectivity index (χ0n) is 19.6. The number of hydrogen-bond acceptors (Lipinski definition) is 7. The second-order valence-corrected chi connectivity index (χ2v) is 8.43. The first-order valence-electron chi connectivity index (χ1n) is 10.8. The van der Waals surface area contributed by atoms with E-state index in [9.17, 15) is 4.79 Å². The number of aromatic nitrogens is 3. The van der Waals surface area contributed by atoms with Gasteiger partial charge in [-0.3, -0.25) is 9.36 Å². The van der Waals surface area contributed by atoms with Gasteiger partial charge in [0.15, 0.2) is 22.5 Å². The van der Waals surface area contributed by atoms with Crippen LogP contribution in [0.5, 0.6) is 11.5 Å². The van der Waals surface area contributed by atoms with Gasteiger partial charge in [0.2, 0.25) is 0 Å². The van der Waals surface area contributed by atoms with E-state index in [1.807, 2.05) is 84.3 Å². The van der Waals surface area contributed by atoms with Crippen molar-refractivity contribution < 1.29 is 14.3 Å². The van der Waals surface area contributed by atoms with E-state index in [1.165, 1.54) is 11.8 Å². The standard InChI is InChI=1S/C26H25N5O3S/c1-18-9-7-8-10-20(18)16-27-28-24(32)17-35-26-30-29-25(31(26)21-11-5-4-6-12-21)19-13-14-22(33-2)23(15-19)34-3/h4-16H,17H2,1-3H3,(H,28,32)/b27-16+. The Kier molecular flexibility index (Phi) is 7.79. The molecule has 0 aliphatic carbocycles. The third-order valence-corrected chi connectivity index (χ3v) is 6.13. The number of methoxy groups -OCH3 is 2. The van der Waals surface area contributed by atoms with Gasteiger partial charge < -0.3 is 9.47 Å². The SMILES string of the molecule is COc1ccc(-c2nnc(SCC(=O)N/N=C/c3ccccc3C)n2-c2ccccc2)cc1OC. The summed E-state index contributed by atoms with van der Waals surface area (Å²) in [6, 6.07) is 23.1. The largest absolute Gasteiger partial charge is 0.493 e. The highest BCUT2D eigenvalue weighted by Crippen LogP contribution is 2.34. The van der Waals surface area contributed by atoms with Gasteiger partial charge >= 0.3 is 0 Å². The maximum atomic E-state index is 12.4. The number of ether oxygens (including phenoxy) is 2. The minimum absolute atomic E-state index is 0.127. The quantitative estimate of drug-likeness (QED) is 0.212. The molecule has 0 atom stereocenters. The molecule has 0 aliphatic rings. The number of para-hydroxylation sites is 1. The van der Waals surface area contributed by atoms with E-state index in [2.05, 4.69) is 20.7 Å². The van der Waals surface area contributed by atoms with E-state index in [-0.39, 0.29) is 11.7 Å². The molecule has 1 N–H and O–H groups in total. The molecule has 9 heteroatoms. The van der Waals surface area contributed by atoms with Crippen LogP contribution in [0.1, 0.15) is 11.1 Å². The van der Waals surface area contributed by atoms with Crippen molar-refractivity contribution in [2.24, 2.45) is 5.10 Å². The predicted octanol–water partition coefficient (Wildman–Crippen LogP) is 4.50. The van der Waals surface area contributed by atoms with Crippen LogP contribution in [0.25, 0.3) is 17.1 Å². The number of nitrogens with one attached hydrogen (secondary N) is 1. The van der Waals surface area contributed by atoms with Crippen molar-refractivity contribution in [2.75, 3.05) is 20.0 Å². The van der Waals surface area contributed by atoms with E-state index >= 15 is 0 Å². The summed E-state index contributed by atoms with van der Waals surface area (Å²) in [5.41, 5.74) is 6.29. The number of carbonyl (C=O) groups excluding carboxylic acids is 1. The Labute approximate surface area is 208 Å². The summed E-state index contributed by atoms with van der Waals surface area (Å²) in [6.07, 6.45) is 1.64. The Morgan fingerprint density at radius 1 is 1.00 bits per heavy atom. The summed E-state index contributed by atoms with van der Waals surface area (Å²) < 4.78 is 12.7. The molecule has 0 bridgehead atoms. The lowest BCUT2D eigenvalue weighted by atomic mass is 10.1. The van der Waals surface area contributed by atoms with E-state index in [0.29, 0.717) is 22.5 Å². The average molecular weight is 488 g/mol. The number of nitrogens with zero attached hydrogens (tertiary/aromatic N) is 4. The smallest absolute Gasteiger partial charge is 0.250 e. The van der Waals surface area contributed by atoms with Crippen molar-refractivity contribution in [2.45, 2.75) is 12.1 Å². The molecular formula is C26H25N5O3S. The number of rotatable bonds is 9. The van der Waals surface area contributed by atoms with Crippen LogP contribution in [0.2, 0.25) is 0 Å². The van der Waals surface area contributed by atoms with Gasteiger partial charge in [0.05, 0.1) is 26.2 Å². The van der Waals surface area contributed by atoms with Crippen molar-refractivity contribution in [3.63, 3.8) is 0 Å². The molecule has 1 aromatic heterocycles.